The summed E-state index contributed by atoms with van der Waals surface area (Å²) in [4.78, 5) is 2.63. The van der Waals surface area contributed by atoms with Crippen molar-refractivity contribution >= 4 is 12.6 Å². The molecule has 0 heterocycles. The largest absolute Gasteiger partial charge is 0.379 e. The third-order valence-electron chi connectivity index (χ3n) is 2.87. The SMILES string of the molecule is [N-]=[N+]=NCCOCCOCCOCCOCCOCCOCCOCCS. The number of nitrogens with zero attached hydrogens (tertiary/aromatic N) is 3. The first-order valence-corrected chi connectivity index (χ1v) is 9.71. The van der Waals surface area contributed by atoms with E-state index >= 15 is 0 Å². The highest BCUT2D eigenvalue weighted by Crippen LogP contribution is 1.85. The minimum absolute atomic E-state index is 0.338. The zero-order chi connectivity index (χ0) is 19.7. The van der Waals surface area contributed by atoms with E-state index in [4.69, 9.17) is 38.7 Å². The van der Waals surface area contributed by atoms with Crippen LogP contribution in [0.15, 0.2) is 5.11 Å². The molecule has 0 unspecified atom stereocenters. The van der Waals surface area contributed by atoms with Gasteiger partial charge >= 0.3 is 0 Å². The number of rotatable bonds is 23. The van der Waals surface area contributed by atoms with E-state index in [1.165, 1.54) is 0 Å². The summed E-state index contributed by atoms with van der Waals surface area (Å²) < 4.78 is 37.2. The average molecular weight is 412 g/mol. The Morgan fingerprint density at radius 1 is 0.519 bits per heavy atom. The van der Waals surface area contributed by atoms with Gasteiger partial charge in [-0.05, 0) is 5.53 Å². The van der Waals surface area contributed by atoms with Gasteiger partial charge in [0.15, 0.2) is 0 Å². The molecule has 0 aliphatic carbocycles. The topological polar surface area (TPSA) is 113 Å². The van der Waals surface area contributed by atoms with E-state index in [9.17, 15) is 0 Å². The number of azide groups is 1. The molecule has 0 aliphatic heterocycles. The van der Waals surface area contributed by atoms with Crippen LogP contribution in [0.5, 0.6) is 0 Å². The lowest BCUT2D eigenvalue weighted by molar-refractivity contribution is -0.0198. The van der Waals surface area contributed by atoms with Gasteiger partial charge in [-0.15, -0.1) is 0 Å². The van der Waals surface area contributed by atoms with Crippen molar-refractivity contribution in [2.24, 2.45) is 5.11 Å². The number of hydrogen-bond acceptors (Lipinski definition) is 9. The molecule has 0 fully saturated rings. The summed E-state index contributed by atoms with van der Waals surface area (Å²) in [6.07, 6.45) is 0. The van der Waals surface area contributed by atoms with Gasteiger partial charge in [-0.1, -0.05) is 5.11 Å². The van der Waals surface area contributed by atoms with Crippen molar-refractivity contribution in [2.75, 3.05) is 105 Å². The first kappa shape index (κ1) is 26.4. The first-order valence-electron chi connectivity index (χ1n) is 9.07. The molecule has 0 rings (SSSR count). The van der Waals surface area contributed by atoms with Crippen LogP contribution in [0.2, 0.25) is 0 Å². The van der Waals surface area contributed by atoms with Crippen LogP contribution in [0.25, 0.3) is 10.4 Å². The average Bonchev–Trinajstić information content (AvgIpc) is 2.68. The van der Waals surface area contributed by atoms with Crippen LogP contribution in [0, 0.1) is 0 Å². The molecule has 0 bridgehead atoms. The van der Waals surface area contributed by atoms with Crippen LogP contribution in [0.4, 0.5) is 0 Å². The van der Waals surface area contributed by atoms with Gasteiger partial charge < -0.3 is 33.2 Å². The number of ether oxygens (including phenoxy) is 7. The fraction of sp³-hybridized carbons (Fsp3) is 1.00. The van der Waals surface area contributed by atoms with Gasteiger partial charge in [0.2, 0.25) is 0 Å². The molecule has 0 saturated carbocycles. The lowest BCUT2D eigenvalue weighted by Gasteiger charge is -2.08. The summed E-state index contributed by atoms with van der Waals surface area (Å²) in [5, 5.41) is 3.36. The normalized spacial score (nSPS) is 10.9. The molecule has 0 amide bonds. The Hall–Kier alpha value is -0.620. The zero-order valence-corrected chi connectivity index (χ0v) is 16.9. The second-order valence-electron chi connectivity index (χ2n) is 4.96. The number of hydrogen-bond donors (Lipinski definition) is 1. The summed E-state index contributed by atoms with van der Waals surface area (Å²) in [5.41, 5.74) is 8.08. The van der Waals surface area contributed by atoms with Crippen molar-refractivity contribution in [2.45, 2.75) is 0 Å². The van der Waals surface area contributed by atoms with Gasteiger partial charge in [-0.3, -0.25) is 0 Å². The third kappa shape index (κ3) is 25.4. The predicted octanol–water partition coefficient (Wildman–Crippen LogP) is 1.34. The molecule has 0 atom stereocenters. The Bertz CT molecular complexity index is 337. The molecular formula is C16H33N3O7S. The molecule has 0 N–H and O–H groups in total. The van der Waals surface area contributed by atoms with E-state index in [1.807, 2.05) is 0 Å². The summed E-state index contributed by atoms with van der Waals surface area (Å²) in [5.74, 6) is 0.722. The highest BCUT2D eigenvalue weighted by atomic mass is 32.1. The second-order valence-corrected chi connectivity index (χ2v) is 5.41. The fourth-order valence-electron chi connectivity index (χ4n) is 1.64. The Kier molecular flexibility index (Phi) is 24.8. The van der Waals surface area contributed by atoms with Crippen LogP contribution in [0.3, 0.4) is 0 Å². The molecule has 0 aromatic carbocycles. The molecule has 0 spiro atoms. The van der Waals surface area contributed by atoms with Gasteiger partial charge in [-0.25, -0.2) is 0 Å². The Labute approximate surface area is 166 Å². The van der Waals surface area contributed by atoms with Gasteiger partial charge in [0.25, 0.3) is 0 Å². The highest BCUT2D eigenvalue weighted by molar-refractivity contribution is 7.80. The summed E-state index contributed by atoms with van der Waals surface area (Å²) >= 11 is 4.04. The summed E-state index contributed by atoms with van der Waals surface area (Å²) in [6, 6.07) is 0. The van der Waals surface area contributed by atoms with E-state index in [0.717, 1.165) is 5.75 Å². The number of thiol groups is 1. The van der Waals surface area contributed by atoms with Crippen LogP contribution >= 0.6 is 12.6 Å². The van der Waals surface area contributed by atoms with Crippen LogP contribution < -0.4 is 0 Å². The molecule has 0 saturated heterocycles. The quantitative estimate of drug-likeness (QED) is 0.0887. The lowest BCUT2D eigenvalue weighted by atomic mass is 10.6. The molecule has 0 radical (unpaired) electrons. The molecule has 0 aromatic rings. The van der Waals surface area contributed by atoms with Gasteiger partial charge in [0.1, 0.15) is 0 Å². The van der Waals surface area contributed by atoms with Crippen LogP contribution in [-0.2, 0) is 33.2 Å². The predicted molar refractivity (Wildman–Crippen MR) is 104 cm³/mol. The van der Waals surface area contributed by atoms with E-state index in [1.54, 1.807) is 0 Å². The Morgan fingerprint density at radius 3 is 1.11 bits per heavy atom. The zero-order valence-electron chi connectivity index (χ0n) is 16.0. The Balaban J connectivity index is 2.98. The van der Waals surface area contributed by atoms with Crippen LogP contribution in [0.1, 0.15) is 0 Å². The first-order chi connectivity index (χ1) is 13.4. The Morgan fingerprint density at radius 2 is 0.815 bits per heavy atom. The highest BCUT2D eigenvalue weighted by Gasteiger charge is 1.94. The van der Waals surface area contributed by atoms with E-state index in [-0.39, 0.29) is 0 Å². The fourth-order valence-corrected chi connectivity index (χ4v) is 1.77. The molecule has 11 heteroatoms. The van der Waals surface area contributed by atoms with Gasteiger partial charge in [-0.2, -0.15) is 12.6 Å². The van der Waals surface area contributed by atoms with E-state index in [2.05, 4.69) is 22.7 Å². The minimum Gasteiger partial charge on any atom is -0.379 e. The van der Waals surface area contributed by atoms with Crippen molar-refractivity contribution in [1.29, 1.82) is 0 Å². The van der Waals surface area contributed by atoms with Crippen molar-refractivity contribution in [3.8, 4) is 0 Å². The van der Waals surface area contributed by atoms with Gasteiger partial charge in [0, 0.05) is 17.2 Å². The maximum Gasteiger partial charge on any atom is 0.0701 e. The van der Waals surface area contributed by atoms with Crippen molar-refractivity contribution in [3.05, 3.63) is 10.4 Å². The molecule has 160 valence electrons. The standard InChI is InChI=1S/C16H33N3O7S/c17-19-18-1-2-20-3-4-21-5-6-22-7-8-23-9-10-24-11-12-25-13-14-26-15-16-27/h27H,1-16H2. The molecule has 0 aliphatic rings. The van der Waals surface area contributed by atoms with Crippen molar-refractivity contribution < 1.29 is 33.2 Å². The smallest absolute Gasteiger partial charge is 0.0701 e. The third-order valence-corrected chi connectivity index (χ3v) is 3.05. The van der Waals surface area contributed by atoms with Gasteiger partial charge in [0.05, 0.1) is 92.5 Å². The van der Waals surface area contributed by atoms with Crippen LogP contribution in [-0.4, -0.2) is 105 Å². The molecule has 27 heavy (non-hydrogen) atoms. The molecule has 10 nitrogen and oxygen atoms in total. The monoisotopic (exact) mass is 411 g/mol. The molecule has 0 aromatic heterocycles. The molecular weight excluding hydrogens is 378 g/mol. The summed E-state index contributed by atoms with van der Waals surface area (Å²) in [6.45, 7) is 7.69. The van der Waals surface area contributed by atoms with E-state index < -0.39 is 0 Å². The van der Waals surface area contributed by atoms with Crippen molar-refractivity contribution in [3.63, 3.8) is 0 Å². The maximum atomic E-state index is 8.08. The lowest BCUT2D eigenvalue weighted by Crippen LogP contribution is -2.14. The van der Waals surface area contributed by atoms with Crippen molar-refractivity contribution in [1.82, 2.24) is 0 Å². The maximum absolute atomic E-state index is 8.08. The van der Waals surface area contributed by atoms with E-state index in [0.29, 0.717) is 99.0 Å². The minimum atomic E-state index is 0.338. The second kappa shape index (κ2) is 25.4. The summed E-state index contributed by atoms with van der Waals surface area (Å²) in [7, 11) is 0.